The van der Waals surface area contributed by atoms with Gasteiger partial charge in [-0.25, -0.2) is 0 Å². The van der Waals surface area contributed by atoms with E-state index in [9.17, 15) is 5.11 Å². The topological polar surface area (TPSA) is 23.5 Å². The molecule has 2 aromatic rings. The van der Waals surface area contributed by atoms with Gasteiger partial charge in [-0.05, 0) is 25.2 Å². The molecule has 18 heavy (non-hydrogen) atoms. The molecule has 0 fully saturated rings. The molecule has 2 aromatic carbocycles. The lowest BCUT2D eigenvalue weighted by Gasteiger charge is -2.29. The zero-order valence-corrected chi connectivity index (χ0v) is 10.8. The van der Waals surface area contributed by atoms with Crippen LogP contribution in [0.3, 0.4) is 0 Å². The summed E-state index contributed by atoms with van der Waals surface area (Å²) >= 11 is 0. The van der Waals surface area contributed by atoms with Gasteiger partial charge in [-0.3, -0.25) is 4.90 Å². The summed E-state index contributed by atoms with van der Waals surface area (Å²) in [5.74, 6) is 0. The molecule has 1 unspecified atom stereocenters. The molecular formula is C16H19NO. The molecule has 0 aliphatic carbocycles. The minimum Gasteiger partial charge on any atom is -0.386 e. The van der Waals surface area contributed by atoms with Crippen LogP contribution in [0.25, 0.3) is 0 Å². The lowest BCUT2D eigenvalue weighted by Crippen LogP contribution is -2.26. The standard InChI is InChI=1S/C16H19NO/c1-17(2)15(13-9-5-3-6-10-13)16(18)14-11-7-4-8-12-14/h3-12,15-16,18H,1-2H3/t15?,16-/m1/s1. The van der Waals surface area contributed by atoms with Crippen LogP contribution in [0.15, 0.2) is 60.7 Å². The molecule has 0 saturated carbocycles. The minimum atomic E-state index is -0.524. The maximum Gasteiger partial charge on any atom is 0.0986 e. The first-order valence-electron chi connectivity index (χ1n) is 6.14. The van der Waals surface area contributed by atoms with E-state index < -0.39 is 6.10 Å². The number of benzene rings is 2. The van der Waals surface area contributed by atoms with Gasteiger partial charge < -0.3 is 5.11 Å². The van der Waals surface area contributed by atoms with Crippen LogP contribution in [0.5, 0.6) is 0 Å². The Hall–Kier alpha value is -1.64. The summed E-state index contributed by atoms with van der Waals surface area (Å²) in [5, 5.41) is 10.6. The number of likely N-dealkylation sites (N-methyl/N-ethyl adjacent to an activating group) is 1. The third-order valence-corrected chi connectivity index (χ3v) is 3.14. The first-order chi connectivity index (χ1) is 8.70. The van der Waals surface area contributed by atoms with Crippen molar-refractivity contribution in [1.29, 1.82) is 0 Å². The van der Waals surface area contributed by atoms with Crippen molar-refractivity contribution in [3.8, 4) is 0 Å². The largest absolute Gasteiger partial charge is 0.386 e. The Morgan fingerprint density at radius 1 is 0.778 bits per heavy atom. The van der Waals surface area contributed by atoms with Gasteiger partial charge in [-0.1, -0.05) is 60.7 Å². The van der Waals surface area contributed by atoms with Crippen LogP contribution >= 0.6 is 0 Å². The molecule has 0 aliphatic heterocycles. The SMILES string of the molecule is CN(C)C(c1ccccc1)[C@H](O)c1ccccc1. The maximum atomic E-state index is 10.6. The van der Waals surface area contributed by atoms with Gasteiger partial charge in [0.15, 0.2) is 0 Å². The highest BCUT2D eigenvalue weighted by atomic mass is 16.3. The summed E-state index contributed by atoms with van der Waals surface area (Å²) in [7, 11) is 3.98. The van der Waals surface area contributed by atoms with Crippen molar-refractivity contribution in [1.82, 2.24) is 4.90 Å². The zero-order chi connectivity index (χ0) is 13.0. The fraction of sp³-hybridized carbons (Fsp3) is 0.250. The predicted octanol–water partition coefficient (Wildman–Crippen LogP) is 3.02. The van der Waals surface area contributed by atoms with E-state index in [1.54, 1.807) is 0 Å². The minimum absolute atomic E-state index is 0.0337. The molecule has 0 heterocycles. The van der Waals surface area contributed by atoms with Gasteiger partial charge in [0.25, 0.3) is 0 Å². The summed E-state index contributed by atoms with van der Waals surface area (Å²) in [6, 6.07) is 19.9. The molecule has 0 aromatic heterocycles. The Kier molecular flexibility index (Phi) is 4.13. The van der Waals surface area contributed by atoms with Crippen molar-refractivity contribution >= 4 is 0 Å². The van der Waals surface area contributed by atoms with Gasteiger partial charge in [0.2, 0.25) is 0 Å². The van der Waals surface area contributed by atoms with Gasteiger partial charge in [0.05, 0.1) is 12.1 Å². The van der Waals surface area contributed by atoms with Crippen LogP contribution in [-0.4, -0.2) is 24.1 Å². The lowest BCUT2D eigenvalue weighted by molar-refractivity contribution is 0.0754. The Morgan fingerprint density at radius 3 is 1.67 bits per heavy atom. The van der Waals surface area contributed by atoms with Gasteiger partial charge in [-0.2, -0.15) is 0 Å². The first kappa shape index (κ1) is 12.8. The number of hydrogen-bond acceptors (Lipinski definition) is 2. The van der Waals surface area contributed by atoms with E-state index in [1.807, 2.05) is 67.5 Å². The molecular weight excluding hydrogens is 222 g/mol. The number of aliphatic hydroxyl groups excluding tert-OH is 1. The van der Waals surface area contributed by atoms with Crippen LogP contribution in [-0.2, 0) is 0 Å². The van der Waals surface area contributed by atoms with E-state index in [0.29, 0.717) is 0 Å². The van der Waals surface area contributed by atoms with Gasteiger partial charge in [0, 0.05) is 0 Å². The molecule has 2 rings (SSSR count). The van der Waals surface area contributed by atoms with Gasteiger partial charge in [0.1, 0.15) is 0 Å². The highest BCUT2D eigenvalue weighted by Gasteiger charge is 2.24. The van der Waals surface area contributed by atoms with Crippen molar-refractivity contribution < 1.29 is 5.11 Å². The first-order valence-corrected chi connectivity index (χ1v) is 6.14. The second kappa shape index (κ2) is 5.80. The molecule has 0 spiro atoms. The third kappa shape index (κ3) is 2.78. The fourth-order valence-electron chi connectivity index (χ4n) is 2.25. The second-order valence-electron chi connectivity index (χ2n) is 4.67. The van der Waals surface area contributed by atoms with E-state index in [0.717, 1.165) is 11.1 Å². The van der Waals surface area contributed by atoms with Crippen LogP contribution < -0.4 is 0 Å². The number of aliphatic hydroxyl groups is 1. The quantitative estimate of drug-likeness (QED) is 0.889. The normalized spacial score (nSPS) is 14.4. The van der Waals surface area contributed by atoms with E-state index in [4.69, 9.17) is 0 Å². The summed E-state index contributed by atoms with van der Waals surface area (Å²) in [6.45, 7) is 0. The number of rotatable bonds is 4. The second-order valence-corrected chi connectivity index (χ2v) is 4.67. The molecule has 94 valence electrons. The average Bonchev–Trinajstić information content (AvgIpc) is 2.40. The summed E-state index contributed by atoms with van der Waals surface area (Å²) in [4.78, 5) is 2.05. The number of hydrogen-bond donors (Lipinski definition) is 1. The molecule has 0 amide bonds. The van der Waals surface area contributed by atoms with Crippen molar-refractivity contribution in [3.05, 3.63) is 71.8 Å². The van der Waals surface area contributed by atoms with Crippen LogP contribution in [0.2, 0.25) is 0 Å². The summed E-state index contributed by atoms with van der Waals surface area (Å²) in [5.41, 5.74) is 2.07. The smallest absolute Gasteiger partial charge is 0.0986 e. The molecule has 0 aliphatic rings. The Balaban J connectivity index is 2.32. The molecule has 0 bridgehead atoms. The van der Waals surface area contributed by atoms with E-state index in [-0.39, 0.29) is 6.04 Å². The maximum absolute atomic E-state index is 10.6. The molecule has 2 atom stereocenters. The van der Waals surface area contributed by atoms with Crippen LogP contribution in [0, 0.1) is 0 Å². The Morgan fingerprint density at radius 2 is 1.22 bits per heavy atom. The predicted molar refractivity (Wildman–Crippen MR) is 74.3 cm³/mol. The van der Waals surface area contributed by atoms with E-state index >= 15 is 0 Å². The van der Waals surface area contributed by atoms with Crippen molar-refractivity contribution in [2.45, 2.75) is 12.1 Å². The van der Waals surface area contributed by atoms with E-state index in [2.05, 4.69) is 12.1 Å². The van der Waals surface area contributed by atoms with Gasteiger partial charge >= 0.3 is 0 Å². The van der Waals surface area contributed by atoms with Crippen LogP contribution in [0.1, 0.15) is 23.3 Å². The fourth-order valence-corrected chi connectivity index (χ4v) is 2.25. The van der Waals surface area contributed by atoms with Crippen molar-refractivity contribution in [3.63, 3.8) is 0 Å². The highest BCUT2D eigenvalue weighted by Crippen LogP contribution is 2.32. The summed E-state index contributed by atoms with van der Waals surface area (Å²) < 4.78 is 0. The number of nitrogens with zero attached hydrogens (tertiary/aromatic N) is 1. The Labute approximate surface area is 109 Å². The molecule has 2 heteroatoms. The Bertz CT molecular complexity index is 467. The molecule has 2 nitrogen and oxygen atoms in total. The average molecular weight is 241 g/mol. The zero-order valence-electron chi connectivity index (χ0n) is 10.8. The van der Waals surface area contributed by atoms with Crippen molar-refractivity contribution in [2.24, 2.45) is 0 Å². The summed E-state index contributed by atoms with van der Waals surface area (Å²) in [6.07, 6.45) is -0.524. The lowest BCUT2D eigenvalue weighted by atomic mass is 9.95. The molecule has 0 saturated heterocycles. The van der Waals surface area contributed by atoms with Gasteiger partial charge in [-0.15, -0.1) is 0 Å². The van der Waals surface area contributed by atoms with E-state index in [1.165, 1.54) is 0 Å². The van der Waals surface area contributed by atoms with Crippen LogP contribution in [0.4, 0.5) is 0 Å². The third-order valence-electron chi connectivity index (χ3n) is 3.14. The molecule has 1 N–H and O–H groups in total. The molecule has 0 radical (unpaired) electrons. The van der Waals surface area contributed by atoms with Crippen molar-refractivity contribution in [2.75, 3.05) is 14.1 Å². The highest BCUT2D eigenvalue weighted by molar-refractivity contribution is 5.26. The monoisotopic (exact) mass is 241 g/mol.